The van der Waals surface area contributed by atoms with Gasteiger partial charge in [0.2, 0.25) is 5.95 Å². The Balaban J connectivity index is 1.91. The maximum Gasteiger partial charge on any atom is 0.222 e. The normalized spacial score (nSPS) is 11.1. The van der Waals surface area contributed by atoms with Crippen LogP contribution in [0, 0.1) is 2.88 Å². The van der Waals surface area contributed by atoms with Crippen molar-refractivity contribution >= 4 is 55.9 Å². The van der Waals surface area contributed by atoms with Crippen molar-refractivity contribution in [1.29, 1.82) is 0 Å². The van der Waals surface area contributed by atoms with Gasteiger partial charge in [-0.2, -0.15) is 10.1 Å². The van der Waals surface area contributed by atoms with Crippen LogP contribution in [0.3, 0.4) is 0 Å². The minimum atomic E-state index is 0.287. The summed E-state index contributed by atoms with van der Waals surface area (Å²) in [6.07, 6.45) is 3.79. The second-order valence-electron chi connectivity index (χ2n) is 4.07. The van der Waals surface area contributed by atoms with Crippen molar-refractivity contribution in [2.24, 2.45) is 7.05 Å². The Bertz CT molecular complexity index is 734. The van der Waals surface area contributed by atoms with Gasteiger partial charge < -0.3 is 11.1 Å². The maximum atomic E-state index is 5.73. The van der Waals surface area contributed by atoms with Gasteiger partial charge in [-0.25, -0.2) is 4.98 Å². The van der Waals surface area contributed by atoms with Crippen LogP contribution in [0.25, 0.3) is 10.2 Å². The lowest BCUT2D eigenvalue weighted by Gasteiger charge is -2.05. The number of nitrogens with zero attached hydrogens (tertiary/aromatic N) is 4. The molecule has 8 heteroatoms. The van der Waals surface area contributed by atoms with Crippen LogP contribution in [0.5, 0.6) is 0 Å². The number of aromatic nitrogens is 4. The molecule has 3 rings (SSSR count). The van der Waals surface area contributed by atoms with E-state index in [9.17, 15) is 0 Å². The largest absolute Gasteiger partial charge is 0.368 e. The van der Waals surface area contributed by atoms with Gasteiger partial charge in [-0.05, 0) is 28.7 Å². The van der Waals surface area contributed by atoms with E-state index in [0.717, 1.165) is 24.5 Å². The van der Waals surface area contributed by atoms with Gasteiger partial charge in [0.25, 0.3) is 0 Å². The summed E-state index contributed by atoms with van der Waals surface area (Å²) in [6, 6.07) is 2.01. The molecule has 3 heterocycles. The van der Waals surface area contributed by atoms with Crippen LogP contribution >= 0.6 is 33.9 Å². The van der Waals surface area contributed by atoms with Crippen molar-refractivity contribution < 1.29 is 0 Å². The molecule has 0 aromatic carbocycles. The van der Waals surface area contributed by atoms with E-state index in [4.69, 9.17) is 5.73 Å². The fourth-order valence-electron chi connectivity index (χ4n) is 1.79. The number of thiophene rings is 1. The molecule has 0 atom stereocenters. The number of halogens is 1. The molecule has 98 valence electrons. The second kappa shape index (κ2) is 4.93. The van der Waals surface area contributed by atoms with E-state index < -0.39 is 0 Å². The van der Waals surface area contributed by atoms with E-state index >= 15 is 0 Å². The number of nitrogens with two attached hydrogens (primary N) is 1. The van der Waals surface area contributed by atoms with E-state index in [-0.39, 0.29) is 5.95 Å². The van der Waals surface area contributed by atoms with E-state index in [0.29, 0.717) is 6.54 Å². The highest BCUT2D eigenvalue weighted by Crippen LogP contribution is 2.31. The molecular weight excluding hydrogens is 375 g/mol. The lowest BCUT2D eigenvalue weighted by molar-refractivity contribution is 0.767. The topological polar surface area (TPSA) is 81.7 Å². The summed E-state index contributed by atoms with van der Waals surface area (Å²) in [5.41, 5.74) is 7.71. The van der Waals surface area contributed by atoms with E-state index in [1.165, 1.54) is 0 Å². The molecular formula is C11H11IN6S. The summed E-state index contributed by atoms with van der Waals surface area (Å²) in [6.45, 7) is 0.661. The van der Waals surface area contributed by atoms with Crippen LogP contribution in [0.4, 0.5) is 11.8 Å². The minimum absolute atomic E-state index is 0.287. The SMILES string of the molecule is Cn1cc(CNc2nc(N)nc3cc(I)sc23)cn1. The molecule has 0 amide bonds. The fourth-order valence-corrected chi connectivity index (χ4v) is 3.53. The Morgan fingerprint density at radius 2 is 2.32 bits per heavy atom. The van der Waals surface area contributed by atoms with Gasteiger partial charge in [-0.3, -0.25) is 4.68 Å². The van der Waals surface area contributed by atoms with Crippen LogP contribution in [0.2, 0.25) is 0 Å². The first-order chi connectivity index (χ1) is 9.11. The summed E-state index contributed by atoms with van der Waals surface area (Å²) in [5.74, 6) is 1.06. The maximum absolute atomic E-state index is 5.73. The lowest BCUT2D eigenvalue weighted by Crippen LogP contribution is -2.04. The molecule has 3 N–H and O–H groups in total. The number of hydrogen-bond acceptors (Lipinski definition) is 6. The molecule has 0 saturated heterocycles. The van der Waals surface area contributed by atoms with Gasteiger partial charge in [0.15, 0.2) is 0 Å². The van der Waals surface area contributed by atoms with Gasteiger partial charge in [0, 0.05) is 25.4 Å². The molecule has 0 unspecified atom stereocenters. The third-order valence-electron chi connectivity index (χ3n) is 2.58. The molecule has 0 spiro atoms. The van der Waals surface area contributed by atoms with Crippen molar-refractivity contribution in [2.75, 3.05) is 11.1 Å². The van der Waals surface area contributed by atoms with Crippen LogP contribution < -0.4 is 11.1 Å². The number of nitrogen functional groups attached to an aromatic ring is 1. The van der Waals surface area contributed by atoms with Gasteiger partial charge in [-0.1, -0.05) is 0 Å². The summed E-state index contributed by atoms with van der Waals surface area (Å²) >= 11 is 3.92. The molecule has 3 aromatic rings. The predicted octanol–water partition coefficient (Wildman–Crippen LogP) is 2.22. The highest BCUT2D eigenvalue weighted by atomic mass is 127. The zero-order valence-electron chi connectivity index (χ0n) is 10.1. The highest BCUT2D eigenvalue weighted by Gasteiger charge is 2.10. The van der Waals surface area contributed by atoms with Crippen molar-refractivity contribution in [3.05, 3.63) is 26.9 Å². The number of fused-ring (bicyclic) bond motifs is 1. The quantitative estimate of drug-likeness (QED) is 0.675. The average molecular weight is 386 g/mol. The van der Waals surface area contributed by atoms with E-state index in [2.05, 4.69) is 43.0 Å². The Kier molecular flexibility index (Phi) is 3.27. The minimum Gasteiger partial charge on any atom is -0.368 e. The molecule has 0 aliphatic heterocycles. The number of aryl methyl sites for hydroxylation is 1. The van der Waals surface area contributed by atoms with Crippen LogP contribution in [-0.2, 0) is 13.6 Å². The predicted molar refractivity (Wildman–Crippen MR) is 85.1 cm³/mol. The van der Waals surface area contributed by atoms with Gasteiger partial charge >= 0.3 is 0 Å². The molecule has 3 aromatic heterocycles. The van der Waals surface area contributed by atoms with Crippen LogP contribution in [0.1, 0.15) is 5.56 Å². The first-order valence-corrected chi connectivity index (χ1v) is 7.45. The van der Waals surface area contributed by atoms with E-state index in [1.807, 2.05) is 25.5 Å². The van der Waals surface area contributed by atoms with E-state index in [1.54, 1.807) is 16.0 Å². The molecule has 0 fully saturated rings. The molecule has 0 saturated carbocycles. The van der Waals surface area contributed by atoms with Gasteiger partial charge in [0.05, 0.1) is 19.3 Å². The van der Waals surface area contributed by atoms with Crippen molar-refractivity contribution in [1.82, 2.24) is 19.7 Å². The third kappa shape index (κ3) is 2.63. The molecule has 0 bridgehead atoms. The van der Waals surface area contributed by atoms with Gasteiger partial charge in [0.1, 0.15) is 5.82 Å². The zero-order chi connectivity index (χ0) is 13.4. The summed E-state index contributed by atoms with van der Waals surface area (Å²) < 4.78 is 3.97. The summed E-state index contributed by atoms with van der Waals surface area (Å²) in [5, 5.41) is 7.43. The monoisotopic (exact) mass is 386 g/mol. The molecule has 19 heavy (non-hydrogen) atoms. The van der Waals surface area contributed by atoms with Crippen molar-refractivity contribution in [3.63, 3.8) is 0 Å². The fraction of sp³-hybridized carbons (Fsp3) is 0.182. The Morgan fingerprint density at radius 1 is 1.47 bits per heavy atom. The average Bonchev–Trinajstić information content (AvgIpc) is 2.91. The Labute approximate surface area is 127 Å². The third-order valence-corrected chi connectivity index (χ3v) is 4.47. The van der Waals surface area contributed by atoms with Crippen LogP contribution in [0.15, 0.2) is 18.5 Å². The number of hydrogen-bond donors (Lipinski definition) is 2. The second-order valence-corrected chi connectivity index (χ2v) is 7.02. The van der Waals surface area contributed by atoms with Crippen molar-refractivity contribution in [3.8, 4) is 0 Å². The van der Waals surface area contributed by atoms with Gasteiger partial charge in [-0.15, -0.1) is 11.3 Å². The molecule has 0 aliphatic rings. The van der Waals surface area contributed by atoms with Crippen molar-refractivity contribution in [2.45, 2.75) is 6.54 Å². The summed E-state index contributed by atoms with van der Waals surface area (Å²) in [4.78, 5) is 8.50. The molecule has 6 nitrogen and oxygen atoms in total. The molecule has 0 radical (unpaired) electrons. The standard InChI is InChI=1S/C11H11IN6S/c1-18-5-6(4-15-18)3-14-10-9-7(2-8(12)19-9)16-11(13)17-10/h2,4-5H,3H2,1H3,(H3,13,14,16,17). The number of rotatable bonds is 3. The molecule has 0 aliphatic carbocycles. The highest BCUT2D eigenvalue weighted by molar-refractivity contribution is 14.1. The number of nitrogens with one attached hydrogen (secondary N) is 1. The van der Waals surface area contributed by atoms with Crippen LogP contribution in [-0.4, -0.2) is 19.7 Å². The zero-order valence-corrected chi connectivity index (χ0v) is 13.1. The number of anilines is 2. The first-order valence-electron chi connectivity index (χ1n) is 5.56. The first kappa shape index (κ1) is 12.6. The lowest BCUT2D eigenvalue weighted by atomic mass is 10.3. The Hall–Kier alpha value is -1.42. The summed E-state index contributed by atoms with van der Waals surface area (Å²) in [7, 11) is 1.89. The Morgan fingerprint density at radius 3 is 3.05 bits per heavy atom. The smallest absolute Gasteiger partial charge is 0.222 e.